The Morgan fingerprint density at radius 3 is 2.61 bits per heavy atom. The average Bonchev–Trinajstić information content (AvgIpc) is 2.94. The first-order chi connectivity index (χ1) is 18.4. The summed E-state index contributed by atoms with van der Waals surface area (Å²) in [5, 5.41) is 17.6. The van der Waals surface area contributed by atoms with Crippen LogP contribution in [0.1, 0.15) is 57.9 Å². The molecule has 4 aromatic rings. The Kier molecular flexibility index (Phi) is 7.43. The third-order valence-electron chi connectivity index (χ3n) is 7.34. The van der Waals surface area contributed by atoms with Gasteiger partial charge in [-0.3, -0.25) is 9.59 Å². The molecule has 6 nitrogen and oxygen atoms in total. The molecule has 1 unspecified atom stereocenters. The lowest BCUT2D eigenvalue weighted by atomic mass is 9.83. The minimum Gasteiger partial charge on any atom is -0.489 e. The Morgan fingerprint density at radius 1 is 1.00 bits per heavy atom. The molecule has 3 atom stereocenters. The zero-order valence-electron chi connectivity index (χ0n) is 21.6. The summed E-state index contributed by atoms with van der Waals surface area (Å²) in [5.41, 5.74) is 4.66. The molecule has 5 rings (SSSR count). The number of hydrogen-bond acceptors (Lipinski definition) is 4. The zero-order valence-corrected chi connectivity index (χ0v) is 21.6. The van der Waals surface area contributed by atoms with E-state index in [9.17, 15) is 9.59 Å². The van der Waals surface area contributed by atoms with Crippen LogP contribution in [-0.2, 0) is 4.79 Å². The molecule has 0 aliphatic carbocycles. The second-order valence-electron chi connectivity index (χ2n) is 9.92. The van der Waals surface area contributed by atoms with Crippen molar-refractivity contribution in [2.75, 3.05) is 13.1 Å². The summed E-state index contributed by atoms with van der Waals surface area (Å²) in [4.78, 5) is 23.6. The number of carboxylic acids is 1. The first-order valence-corrected chi connectivity index (χ1v) is 13.0. The fourth-order valence-electron chi connectivity index (χ4n) is 5.33. The van der Waals surface area contributed by atoms with E-state index in [4.69, 9.17) is 9.84 Å². The van der Waals surface area contributed by atoms with E-state index in [0.29, 0.717) is 12.1 Å². The summed E-state index contributed by atoms with van der Waals surface area (Å²) in [6.07, 6.45) is 0.698. The van der Waals surface area contributed by atoms with Crippen LogP contribution >= 0.6 is 0 Å². The first-order valence-electron chi connectivity index (χ1n) is 13.0. The second kappa shape index (κ2) is 11.1. The molecule has 38 heavy (non-hydrogen) atoms. The molecule has 4 aromatic carbocycles. The highest BCUT2D eigenvalue weighted by Gasteiger charge is 2.30. The van der Waals surface area contributed by atoms with Crippen molar-refractivity contribution in [3.8, 4) is 5.75 Å². The van der Waals surface area contributed by atoms with Gasteiger partial charge in [0.15, 0.2) is 0 Å². The molecule has 1 aliphatic rings. The van der Waals surface area contributed by atoms with Crippen molar-refractivity contribution in [2.24, 2.45) is 0 Å². The van der Waals surface area contributed by atoms with Crippen molar-refractivity contribution < 1.29 is 19.4 Å². The molecule has 0 saturated heterocycles. The lowest BCUT2D eigenvalue weighted by molar-refractivity contribution is -0.135. The van der Waals surface area contributed by atoms with E-state index in [1.54, 1.807) is 0 Å². The van der Waals surface area contributed by atoms with E-state index < -0.39 is 12.5 Å². The summed E-state index contributed by atoms with van der Waals surface area (Å²) < 4.78 is 6.42. The summed E-state index contributed by atoms with van der Waals surface area (Å²) in [5.74, 6) is -0.551. The summed E-state index contributed by atoms with van der Waals surface area (Å²) in [7, 11) is 0. The second-order valence-corrected chi connectivity index (χ2v) is 9.92. The van der Waals surface area contributed by atoms with Gasteiger partial charge in [-0.15, -0.1) is 0 Å². The van der Waals surface area contributed by atoms with Crippen molar-refractivity contribution >= 4 is 22.6 Å². The SMILES string of the molecule is Cc1ccc([C@@H]2C[C@H](CNC(C)c3cccc4ccccc34)Oc3ccccc32)cc1C(=O)NCC(=O)O. The van der Waals surface area contributed by atoms with Gasteiger partial charge in [0.05, 0.1) is 0 Å². The van der Waals surface area contributed by atoms with Crippen LogP contribution in [-0.4, -0.2) is 36.2 Å². The van der Waals surface area contributed by atoms with Crippen LogP contribution in [0.4, 0.5) is 0 Å². The van der Waals surface area contributed by atoms with Crippen LogP contribution in [0.5, 0.6) is 5.75 Å². The summed E-state index contributed by atoms with van der Waals surface area (Å²) >= 11 is 0. The number of fused-ring (bicyclic) bond motifs is 2. The van der Waals surface area contributed by atoms with Crippen LogP contribution in [0.2, 0.25) is 0 Å². The number of carbonyl (C=O) groups excluding carboxylic acids is 1. The number of rotatable bonds is 8. The number of carbonyl (C=O) groups is 2. The number of benzene rings is 4. The average molecular weight is 509 g/mol. The molecular formula is C32H32N2O4. The highest BCUT2D eigenvalue weighted by atomic mass is 16.5. The number of aliphatic carboxylic acids is 1. The maximum Gasteiger partial charge on any atom is 0.322 e. The summed E-state index contributed by atoms with van der Waals surface area (Å²) in [6.45, 7) is 4.30. The molecule has 0 aromatic heterocycles. The van der Waals surface area contributed by atoms with E-state index in [1.165, 1.54) is 16.3 Å². The maximum atomic E-state index is 12.7. The van der Waals surface area contributed by atoms with E-state index >= 15 is 0 Å². The minimum absolute atomic E-state index is 0.0474. The Balaban J connectivity index is 1.37. The van der Waals surface area contributed by atoms with Crippen LogP contribution in [0.3, 0.4) is 0 Å². The van der Waals surface area contributed by atoms with Gasteiger partial charge in [0, 0.05) is 29.6 Å². The quantitative estimate of drug-likeness (QED) is 0.289. The molecule has 0 bridgehead atoms. The third kappa shape index (κ3) is 5.41. The first kappa shape index (κ1) is 25.5. The van der Waals surface area contributed by atoms with E-state index in [-0.39, 0.29) is 24.0 Å². The van der Waals surface area contributed by atoms with Gasteiger partial charge in [0.1, 0.15) is 18.4 Å². The Bertz CT molecular complexity index is 1480. The van der Waals surface area contributed by atoms with Gasteiger partial charge in [-0.25, -0.2) is 0 Å². The Labute approximate surface area is 222 Å². The number of ether oxygens (including phenoxy) is 1. The van der Waals surface area contributed by atoms with E-state index in [2.05, 4.69) is 72.2 Å². The van der Waals surface area contributed by atoms with Gasteiger partial charge in [0.2, 0.25) is 0 Å². The van der Waals surface area contributed by atoms with Gasteiger partial charge in [-0.05, 0) is 59.9 Å². The fraction of sp³-hybridized carbons (Fsp3) is 0.250. The Hall–Kier alpha value is -4.16. The predicted molar refractivity (Wildman–Crippen MR) is 149 cm³/mol. The van der Waals surface area contributed by atoms with Gasteiger partial charge in [-0.2, -0.15) is 0 Å². The molecule has 6 heteroatoms. The Morgan fingerprint density at radius 2 is 1.76 bits per heavy atom. The van der Waals surface area contributed by atoms with Crippen molar-refractivity contribution in [1.29, 1.82) is 0 Å². The van der Waals surface area contributed by atoms with Gasteiger partial charge >= 0.3 is 5.97 Å². The molecule has 1 aliphatic heterocycles. The third-order valence-corrected chi connectivity index (χ3v) is 7.34. The molecule has 0 saturated carbocycles. The number of para-hydroxylation sites is 1. The van der Waals surface area contributed by atoms with Crippen LogP contribution in [0.15, 0.2) is 84.9 Å². The monoisotopic (exact) mass is 508 g/mol. The molecule has 0 radical (unpaired) electrons. The van der Waals surface area contributed by atoms with Crippen LogP contribution in [0.25, 0.3) is 10.8 Å². The standard InChI is InChI=1S/C32H32N2O4/c1-20-14-15-23(16-28(20)32(37)34-19-31(35)36)29-17-24(38-30-13-6-5-11-27(29)30)18-33-21(2)25-12-7-9-22-8-3-4-10-26(22)25/h3-16,21,24,29,33H,17-19H2,1-2H3,(H,34,37)(H,35,36)/t21?,24-,29+/m1/s1. The normalized spacial score (nSPS) is 17.3. The summed E-state index contributed by atoms with van der Waals surface area (Å²) in [6, 6.07) is 28.9. The molecule has 0 spiro atoms. The van der Waals surface area contributed by atoms with E-state index in [1.807, 2.05) is 37.3 Å². The predicted octanol–water partition coefficient (Wildman–Crippen LogP) is 5.60. The van der Waals surface area contributed by atoms with Gasteiger partial charge < -0.3 is 20.5 Å². The van der Waals surface area contributed by atoms with Crippen molar-refractivity contribution in [1.82, 2.24) is 10.6 Å². The number of carboxylic acid groups (broad SMARTS) is 1. The van der Waals surface area contributed by atoms with Crippen LogP contribution < -0.4 is 15.4 Å². The maximum absolute atomic E-state index is 12.7. The highest BCUT2D eigenvalue weighted by Crippen LogP contribution is 2.41. The highest BCUT2D eigenvalue weighted by molar-refractivity contribution is 5.97. The largest absolute Gasteiger partial charge is 0.489 e. The van der Waals surface area contributed by atoms with Crippen molar-refractivity contribution in [3.05, 3.63) is 113 Å². The molecular weight excluding hydrogens is 476 g/mol. The zero-order chi connectivity index (χ0) is 26.6. The smallest absolute Gasteiger partial charge is 0.322 e. The number of hydrogen-bond donors (Lipinski definition) is 3. The van der Waals surface area contributed by atoms with Crippen molar-refractivity contribution in [2.45, 2.75) is 38.3 Å². The molecule has 194 valence electrons. The number of nitrogens with one attached hydrogen (secondary N) is 2. The molecule has 0 fully saturated rings. The van der Waals surface area contributed by atoms with Gasteiger partial charge in [0.25, 0.3) is 5.91 Å². The van der Waals surface area contributed by atoms with Gasteiger partial charge in [-0.1, -0.05) is 72.8 Å². The topological polar surface area (TPSA) is 87.7 Å². The number of aryl methyl sites for hydroxylation is 1. The lowest BCUT2D eigenvalue weighted by Gasteiger charge is -2.33. The van der Waals surface area contributed by atoms with Crippen molar-refractivity contribution in [3.63, 3.8) is 0 Å². The minimum atomic E-state index is -1.07. The van der Waals surface area contributed by atoms with E-state index in [0.717, 1.165) is 28.9 Å². The fourth-order valence-corrected chi connectivity index (χ4v) is 5.33. The molecule has 1 amide bonds. The molecule has 3 N–H and O–H groups in total. The van der Waals surface area contributed by atoms with Crippen LogP contribution in [0, 0.1) is 6.92 Å². The molecule has 1 heterocycles. The lowest BCUT2D eigenvalue weighted by Crippen LogP contribution is -2.37. The number of amides is 1.